The first-order valence-corrected chi connectivity index (χ1v) is 12.4. The van der Waals surface area contributed by atoms with Crippen molar-refractivity contribution in [2.75, 3.05) is 55.6 Å². The van der Waals surface area contributed by atoms with E-state index in [9.17, 15) is 0 Å². The number of hydrogen-bond acceptors (Lipinski definition) is 3. The zero-order chi connectivity index (χ0) is 20.3. The van der Waals surface area contributed by atoms with Gasteiger partial charge in [0.25, 0.3) is 0 Å². The fraction of sp³-hybridized carbons (Fsp3) is 0.769. The normalized spacial score (nSPS) is 23.3. The van der Waals surface area contributed by atoms with Crippen molar-refractivity contribution in [1.29, 1.82) is 0 Å². The molecule has 1 saturated carbocycles. The molecule has 0 N–H and O–H groups in total. The minimum absolute atomic E-state index is 0. The van der Waals surface area contributed by atoms with Crippen LogP contribution in [0.2, 0.25) is 0 Å². The third kappa shape index (κ3) is 5.65. The second-order valence-electron chi connectivity index (χ2n) is 10.6. The highest BCUT2D eigenvalue weighted by molar-refractivity contribution is 5.85. The van der Waals surface area contributed by atoms with Crippen LogP contribution in [-0.4, -0.2) is 50.7 Å². The third-order valence-corrected chi connectivity index (χ3v) is 7.76. The van der Waals surface area contributed by atoms with Crippen LogP contribution in [0.3, 0.4) is 0 Å². The maximum absolute atomic E-state index is 2.70. The summed E-state index contributed by atoms with van der Waals surface area (Å²) in [5, 5.41) is 0. The maximum Gasteiger partial charge on any atom is 0.0404 e. The molecular formula is C26H44ClN3. The topological polar surface area (TPSA) is 9.72 Å². The summed E-state index contributed by atoms with van der Waals surface area (Å²) in [6.45, 7) is 15.8. The lowest BCUT2D eigenvalue weighted by atomic mass is 9.71. The van der Waals surface area contributed by atoms with Gasteiger partial charge in [-0.1, -0.05) is 20.8 Å². The van der Waals surface area contributed by atoms with Gasteiger partial charge in [0.05, 0.1) is 0 Å². The molecule has 0 radical (unpaired) electrons. The smallest absolute Gasteiger partial charge is 0.0404 e. The molecule has 4 rings (SSSR count). The van der Waals surface area contributed by atoms with Crippen LogP contribution in [0.1, 0.15) is 83.6 Å². The van der Waals surface area contributed by atoms with Crippen molar-refractivity contribution in [2.45, 2.75) is 78.1 Å². The van der Waals surface area contributed by atoms with Crippen LogP contribution in [0.25, 0.3) is 0 Å². The van der Waals surface area contributed by atoms with Gasteiger partial charge in [-0.15, -0.1) is 12.4 Å². The SMILES string of the molecule is CCCN1CCN(c2ccc(N3CCCCC3)cc2C2CCC(C)(C)CC2)CC1.Cl. The van der Waals surface area contributed by atoms with Gasteiger partial charge < -0.3 is 9.80 Å². The van der Waals surface area contributed by atoms with Crippen molar-refractivity contribution in [3.05, 3.63) is 23.8 Å². The molecule has 3 aliphatic rings. The third-order valence-electron chi connectivity index (χ3n) is 7.76. The minimum Gasteiger partial charge on any atom is -0.372 e. The molecule has 1 aliphatic carbocycles. The fourth-order valence-electron chi connectivity index (χ4n) is 5.74. The Morgan fingerprint density at radius 3 is 2.17 bits per heavy atom. The monoisotopic (exact) mass is 433 g/mol. The van der Waals surface area contributed by atoms with Crippen LogP contribution in [0, 0.1) is 5.41 Å². The number of hydrogen-bond donors (Lipinski definition) is 0. The van der Waals surface area contributed by atoms with E-state index in [0.717, 1.165) is 5.92 Å². The first-order valence-electron chi connectivity index (χ1n) is 12.4. The lowest BCUT2D eigenvalue weighted by Gasteiger charge is -2.40. The second kappa shape index (κ2) is 10.6. The van der Waals surface area contributed by atoms with Crippen molar-refractivity contribution >= 4 is 23.8 Å². The number of rotatable bonds is 5. The molecule has 1 aromatic rings. The Balaban J connectivity index is 0.00000256. The minimum atomic E-state index is 0. The molecule has 3 nitrogen and oxygen atoms in total. The summed E-state index contributed by atoms with van der Waals surface area (Å²) in [7, 11) is 0. The Morgan fingerprint density at radius 2 is 1.53 bits per heavy atom. The van der Waals surface area contributed by atoms with E-state index in [0.29, 0.717) is 5.41 Å². The molecule has 0 atom stereocenters. The molecule has 30 heavy (non-hydrogen) atoms. The van der Waals surface area contributed by atoms with Crippen LogP contribution in [0.5, 0.6) is 0 Å². The maximum atomic E-state index is 2.70. The molecule has 0 aromatic heterocycles. The molecule has 0 bridgehead atoms. The molecule has 2 heterocycles. The highest BCUT2D eigenvalue weighted by atomic mass is 35.5. The molecule has 0 spiro atoms. The Labute approximate surface area is 191 Å². The van der Waals surface area contributed by atoms with Gasteiger partial charge in [0.2, 0.25) is 0 Å². The standard InChI is InChI=1S/C26H43N3.ClH/c1-4-14-27-17-19-29(20-18-27)25-9-8-23(28-15-6-5-7-16-28)21-24(25)22-10-12-26(2,3)13-11-22;/h8-9,21-22H,4-7,10-20H2,1-3H3;1H. The van der Waals surface area contributed by atoms with Crippen molar-refractivity contribution in [3.63, 3.8) is 0 Å². The van der Waals surface area contributed by atoms with Crippen molar-refractivity contribution in [1.82, 2.24) is 4.90 Å². The zero-order valence-corrected chi connectivity index (χ0v) is 20.5. The molecule has 2 aliphatic heterocycles. The molecular weight excluding hydrogens is 390 g/mol. The van der Waals surface area contributed by atoms with Crippen LogP contribution in [-0.2, 0) is 0 Å². The van der Waals surface area contributed by atoms with Gasteiger partial charge in [-0.2, -0.15) is 0 Å². The van der Waals surface area contributed by atoms with E-state index in [4.69, 9.17) is 0 Å². The fourth-order valence-corrected chi connectivity index (χ4v) is 5.74. The summed E-state index contributed by atoms with van der Waals surface area (Å²) in [6, 6.07) is 7.51. The van der Waals surface area contributed by atoms with Crippen molar-refractivity contribution < 1.29 is 0 Å². The Morgan fingerprint density at radius 1 is 0.867 bits per heavy atom. The average Bonchev–Trinajstić information content (AvgIpc) is 2.75. The average molecular weight is 434 g/mol. The Hall–Kier alpha value is -0.930. The second-order valence-corrected chi connectivity index (χ2v) is 10.6. The van der Waals surface area contributed by atoms with E-state index in [1.165, 1.54) is 103 Å². The summed E-state index contributed by atoms with van der Waals surface area (Å²) < 4.78 is 0. The Kier molecular flexibility index (Phi) is 8.38. The first-order chi connectivity index (χ1) is 14.1. The van der Waals surface area contributed by atoms with Gasteiger partial charge in [-0.25, -0.2) is 0 Å². The van der Waals surface area contributed by atoms with Crippen molar-refractivity contribution in [3.8, 4) is 0 Å². The summed E-state index contributed by atoms with van der Waals surface area (Å²) in [5.74, 6) is 0.747. The quantitative estimate of drug-likeness (QED) is 0.538. The first kappa shape index (κ1) is 23.7. The van der Waals surface area contributed by atoms with E-state index in [2.05, 4.69) is 53.7 Å². The molecule has 1 aromatic carbocycles. The van der Waals surface area contributed by atoms with E-state index in [1.54, 1.807) is 11.3 Å². The van der Waals surface area contributed by atoms with Gasteiger partial charge in [0.15, 0.2) is 0 Å². The number of piperazine rings is 1. The lowest BCUT2D eigenvalue weighted by Crippen LogP contribution is -2.47. The molecule has 3 fully saturated rings. The van der Waals surface area contributed by atoms with E-state index in [1.807, 2.05) is 0 Å². The van der Waals surface area contributed by atoms with Crippen LogP contribution >= 0.6 is 12.4 Å². The number of anilines is 2. The Bertz CT molecular complexity index is 650. The zero-order valence-electron chi connectivity index (χ0n) is 19.7. The number of nitrogens with zero attached hydrogens (tertiary/aromatic N) is 3. The predicted molar refractivity (Wildman–Crippen MR) is 134 cm³/mol. The lowest BCUT2D eigenvalue weighted by molar-refractivity contribution is 0.224. The highest BCUT2D eigenvalue weighted by Crippen LogP contribution is 2.45. The van der Waals surface area contributed by atoms with Crippen LogP contribution in [0.4, 0.5) is 11.4 Å². The predicted octanol–water partition coefficient (Wildman–Crippen LogP) is 6.31. The highest BCUT2D eigenvalue weighted by Gasteiger charge is 2.30. The number of piperidine rings is 1. The molecule has 4 heteroatoms. The van der Waals surface area contributed by atoms with E-state index in [-0.39, 0.29) is 12.4 Å². The summed E-state index contributed by atoms with van der Waals surface area (Å²) in [5.41, 5.74) is 5.23. The summed E-state index contributed by atoms with van der Waals surface area (Å²) >= 11 is 0. The van der Waals surface area contributed by atoms with Gasteiger partial charge in [0.1, 0.15) is 0 Å². The van der Waals surface area contributed by atoms with E-state index >= 15 is 0 Å². The van der Waals surface area contributed by atoms with Gasteiger partial charge in [-0.3, -0.25) is 4.90 Å². The van der Waals surface area contributed by atoms with Gasteiger partial charge in [0, 0.05) is 50.6 Å². The molecule has 0 amide bonds. The molecule has 2 saturated heterocycles. The summed E-state index contributed by atoms with van der Waals surface area (Å²) in [6.07, 6.45) is 10.8. The molecule has 170 valence electrons. The number of benzene rings is 1. The van der Waals surface area contributed by atoms with Crippen molar-refractivity contribution in [2.24, 2.45) is 5.41 Å². The van der Waals surface area contributed by atoms with Crippen LogP contribution in [0.15, 0.2) is 18.2 Å². The van der Waals surface area contributed by atoms with E-state index < -0.39 is 0 Å². The van der Waals surface area contributed by atoms with Crippen LogP contribution < -0.4 is 9.80 Å². The largest absolute Gasteiger partial charge is 0.372 e. The number of halogens is 1. The van der Waals surface area contributed by atoms with Gasteiger partial charge >= 0.3 is 0 Å². The van der Waals surface area contributed by atoms with Gasteiger partial charge in [-0.05, 0) is 93.0 Å². The molecule has 0 unspecified atom stereocenters. The summed E-state index contributed by atoms with van der Waals surface area (Å²) in [4.78, 5) is 7.98.